The molecule has 0 aliphatic heterocycles. The van der Waals surface area contributed by atoms with Crippen LogP contribution in [0.3, 0.4) is 0 Å². The van der Waals surface area contributed by atoms with E-state index >= 15 is 0 Å². The standard InChI is InChI=1S/C16H18F2N2O2S.ClH/c1-16(2,9-19)20-14(21)13-8-7-12(23-13)10-3-5-11(6-4-10)22-15(17)18;/h3-8,15H,9,19H2,1-2H3,(H,20,21);1H. The second kappa shape index (κ2) is 8.41. The van der Waals surface area contributed by atoms with Crippen LogP contribution in [0.5, 0.6) is 5.75 Å². The fourth-order valence-corrected chi connectivity index (χ4v) is 2.74. The fraction of sp³-hybridized carbons (Fsp3) is 0.312. The van der Waals surface area contributed by atoms with Crippen LogP contribution in [-0.2, 0) is 0 Å². The Hall–Kier alpha value is -1.70. The molecule has 0 saturated carbocycles. The molecular formula is C16H19ClF2N2O2S. The van der Waals surface area contributed by atoms with Gasteiger partial charge in [-0.25, -0.2) is 0 Å². The predicted molar refractivity (Wildman–Crippen MR) is 94.2 cm³/mol. The number of nitrogens with one attached hydrogen (secondary N) is 1. The third kappa shape index (κ3) is 5.43. The molecule has 1 aromatic heterocycles. The number of rotatable bonds is 6. The van der Waals surface area contributed by atoms with Crippen LogP contribution in [0.2, 0.25) is 0 Å². The minimum atomic E-state index is -2.84. The van der Waals surface area contributed by atoms with Gasteiger partial charge in [-0.2, -0.15) is 8.78 Å². The van der Waals surface area contributed by atoms with E-state index in [9.17, 15) is 13.6 Å². The van der Waals surface area contributed by atoms with Crippen molar-refractivity contribution in [3.63, 3.8) is 0 Å². The number of alkyl halides is 2. The zero-order valence-corrected chi connectivity index (χ0v) is 14.8. The van der Waals surface area contributed by atoms with E-state index in [1.54, 1.807) is 18.2 Å². The van der Waals surface area contributed by atoms with Crippen molar-refractivity contribution in [3.05, 3.63) is 41.3 Å². The molecule has 0 aliphatic carbocycles. The highest BCUT2D eigenvalue weighted by Crippen LogP contribution is 2.30. The van der Waals surface area contributed by atoms with Crippen molar-refractivity contribution in [2.24, 2.45) is 5.73 Å². The molecular weight excluding hydrogens is 358 g/mol. The first-order chi connectivity index (χ1) is 10.8. The Balaban J connectivity index is 0.00000288. The third-order valence-electron chi connectivity index (χ3n) is 3.16. The van der Waals surface area contributed by atoms with Gasteiger partial charge >= 0.3 is 6.61 Å². The lowest BCUT2D eigenvalue weighted by atomic mass is 10.1. The highest BCUT2D eigenvalue weighted by Gasteiger charge is 2.20. The van der Waals surface area contributed by atoms with Gasteiger partial charge in [0.15, 0.2) is 0 Å². The summed E-state index contributed by atoms with van der Waals surface area (Å²) in [5.74, 6) is -0.0858. The highest BCUT2D eigenvalue weighted by molar-refractivity contribution is 7.17. The summed E-state index contributed by atoms with van der Waals surface area (Å²) in [6, 6.07) is 9.84. The third-order valence-corrected chi connectivity index (χ3v) is 4.29. The zero-order valence-electron chi connectivity index (χ0n) is 13.2. The monoisotopic (exact) mass is 376 g/mol. The minimum Gasteiger partial charge on any atom is -0.435 e. The lowest BCUT2D eigenvalue weighted by molar-refractivity contribution is -0.0498. The summed E-state index contributed by atoms with van der Waals surface area (Å²) in [5, 5.41) is 2.86. The van der Waals surface area contributed by atoms with E-state index in [0.29, 0.717) is 11.4 Å². The molecule has 0 fully saturated rings. The summed E-state index contributed by atoms with van der Waals surface area (Å²) in [5.41, 5.74) is 5.95. The predicted octanol–water partition coefficient (Wildman–Crippen LogP) is 3.91. The zero-order chi connectivity index (χ0) is 17.0. The van der Waals surface area contributed by atoms with Crippen molar-refractivity contribution >= 4 is 29.7 Å². The van der Waals surface area contributed by atoms with Crippen LogP contribution in [0.15, 0.2) is 36.4 Å². The van der Waals surface area contributed by atoms with E-state index in [-0.39, 0.29) is 24.1 Å². The number of benzene rings is 1. The van der Waals surface area contributed by atoms with E-state index < -0.39 is 12.2 Å². The lowest BCUT2D eigenvalue weighted by Crippen LogP contribution is -2.48. The van der Waals surface area contributed by atoms with E-state index in [4.69, 9.17) is 5.73 Å². The van der Waals surface area contributed by atoms with Crippen molar-refractivity contribution in [3.8, 4) is 16.2 Å². The van der Waals surface area contributed by atoms with E-state index in [1.165, 1.54) is 23.5 Å². The van der Waals surface area contributed by atoms with Crippen molar-refractivity contribution in [1.29, 1.82) is 0 Å². The molecule has 0 atom stereocenters. The maximum absolute atomic E-state index is 12.2. The normalized spacial score (nSPS) is 11.1. The van der Waals surface area contributed by atoms with Gasteiger partial charge in [0.2, 0.25) is 0 Å². The first kappa shape index (κ1) is 20.3. The van der Waals surface area contributed by atoms with E-state index in [0.717, 1.165) is 10.4 Å². The first-order valence-corrected chi connectivity index (χ1v) is 7.80. The van der Waals surface area contributed by atoms with Crippen LogP contribution in [0, 0.1) is 0 Å². The van der Waals surface area contributed by atoms with Crippen molar-refractivity contribution < 1.29 is 18.3 Å². The molecule has 2 aromatic rings. The first-order valence-electron chi connectivity index (χ1n) is 6.98. The van der Waals surface area contributed by atoms with Crippen molar-refractivity contribution in [2.45, 2.75) is 26.0 Å². The summed E-state index contributed by atoms with van der Waals surface area (Å²) in [7, 11) is 0. The largest absolute Gasteiger partial charge is 0.435 e. The number of thiophene rings is 1. The highest BCUT2D eigenvalue weighted by atomic mass is 35.5. The second-order valence-electron chi connectivity index (χ2n) is 5.61. The molecule has 0 unspecified atom stereocenters. The molecule has 1 heterocycles. The second-order valence-corrected chi connectivity index (χ2v) is 6.69. The maximum Gasteiger partial charge on any atom is 0.387 e. The van der Waals surface area contributed by atoms with Gasteiger partial charge in [0.25, 0.3) is 5.91 Å². The summed E-state index contributed by atoms with van der Waals surface area (Å²) < 4.78 is 28.6. The quantitative estimate of drug-likeness (QED) is 0.803. The number of hydrogen-bond donors (Lipinski definition) is 2. The van der Waals surface area contributed by atoms with Crippen LogP contribution < -0.4 is 15.8 Å². The van der Waals surface area contributed by atoms with Crippen LogP contribution in [0.25, 0.3) is 10.4 Å². The fourth-order valence-electron chi connectivity index (χ4n) is 1.84. The molecule has 132 valence electrons. The lowest BCUT2D eigenvalue weighted by Gasteiger charge is -2.23. The summed E-state index contributed by atoms with van der Waals surface area (Å²) in [6.07, 6.45) is 0. The SMILES string of the molecule is CC(C)(CN)NC(=O)c1ccc(-c2ccc(OC(F)F)cc2)s1.Cl. The van der Waals surface area contributed by atoms with E-state index in [1.807, 2.05) is 19.9 Å². The van der Waals surface area contributed by atoms with Gasteiger partial charge in [0, 0.05) is 17.0 Å². The molecule has 0 bridgehead atoms. The molecule has 0 aliphatic rings. The summed E-state index contributed by atoms with van der Waals surface area (Å²) >= 11 is 1.32. The molecule has 4 nitrogen and oxygen atoms in total. The topological polar surface area (TPSA) is 64.3 Å². The number of hydrogen-bond acceptors (Lipinski definition) is 4. The van der Waals surface area contributed by atoms with Crippen LogP contribution >= 0.6 is 23.7 Å². The van der Waals surface area contributed by atoms with E-state index in [2.05, 4.69) is 10.1 Å². The van der Waals surface area contributed by atoms with Crippen LogP contribution in [0.4, 0.5) is 8.78 Å². The Morgan fingerprint density at radius 2 is 1.88 bits per heavy atom. The Kier molecular flexibility index (Phi) is 7.13. The van der Waals surface area contributed by atoms with Gasteiger partial charge < -0.3 is 15.8 Å². The van der Waals surface area contributed by atoms with Gasteiger partial charge in [-0.05, 0) is 55.8 Å². The summed E-state index contributed by atoms with van der Waals surface area (Å²) in [4.78, 5) is 13.6. The number of amides is 1. The number of carbonyl (C=O) groups excluding carboxylic acids is 1. The number of ether oxygens (including phenoxy) is 1. The van der Waals surface area contributed by atoms with Gasteiger partial charge in [0.1, 0.15) is 5.75 Å². The van der Waals surface area contributed by atoms with Gasteiger partial charge in [-0.15, -0.1) is 23.7 Å². The van der Waals surface area contributed by atoms with Crippen molar-refractivity contribution in [2.75, 3.05) is 6.54 Å². The van der Waals surface area contributed by atoms with Gasteiger partial charge in [-0.3, -0.25) is 4.79 Å². The molecule has 2 rings (SSSR count). The number of halogens is 3. The van der Waals surface area contributed by atoms with Crippen LogP contribution in [-0.4, -0.2) is 24.6 Å². The average molecular weight is 377 g/mol. The molecule has 8 heteroatoms. The smallest absolute Gasteiger partial charge is 0.387 e. The molecule has 0 spiro atoms. The Labute approximate surface area is 149 Å². The van der Waals surface area contributed by atoms with Gasteiger partial charge in [0.05, 0.1) is 4.88 Å². The number of nitrogens with two attached hydrogens (primary N) is 1. The van der Waals surface area contributed by atoms with Gasteiger partial charge in [-0.1, -0.05) is 0 Å². The Bertz CT molecular complexity index is 675. The molecule has 0 saturated heterocycles. The molecule has 0 radical (unpaired) electrons. The minimum absolute atomic E-state index is 0. The number of carbonyl (C=O) groups is 1. The molecule has 24 heavy (non-hydrogen) atoms. The average Bonchev–Trinajstić information content (AvgIpc) is 2.97. The van der Waals surface area contributed by atoms with Crippen LogP contribution in [0.1, 0.15) is 23.5 Å². The maximum atomic E-state index is 12.2. The molecule has 1 amide bonds. The Morgan fingerprint density at radius 3 is 2.42 bits per heavy atom. The summed E-state index contributed by atoms with van der Waals surface area (Å²) in [6.45, 7) is 1.19. The molecule has 1 aromatic carbocycles. The molecule has 3 N–H and O–H groups in total. The Morgan fingerprint density at radius 1 is 1.25 bits per heavy atom. The van der Waals surface area contributed by atoms with Crippen molar-refractivity contribution in [1.82, 2.24) is 5.32 Å².